The summed E-state index contributed by atoms with van der Waals surface area (Å²) in [6, 6.07) is 20.2. The Hall–Kier alpha value is -3.58. The van der Waals surface area contributed by atoms with Gasteiger partial charge in [-0.15, -0.1) is 0 Å². The molecule has 2 aliphatic rings. The predicted octanol–water partition coefficient (Wildman–Crippen LogP) is 3.75. The Labute approximate surface area is 171 Å². The van der Waals surface area contributed by atoms with E-state index in [0.717, 1.165) is 0 Å². The third-order valence-corrected chi connectivity index (χ3v) is 6.11. The van der Waals surface area contributed by atoms with Gasteiger partial charge in [-0.05, 0) is 29.3 Å². The summed E-state index contributed by atoms with van der Waals surface area (Å²) < 4.78 is 14.2. The van der Waals surface area contributed by atoms with Crippen LogP contribution in [-0.4, -0.2) is 16.9 Å². The van der Waals surface area contributed by atoms with Gasteiger partial charge < -0.3 is 5.32 Å². The van der Waals surface area contributed by atoms with Gasteiger partial charge in [0.15, 0.2) is 0 Å². The van der Waals surface area contributed by atoms with Crippen LogP contribution in [0.3, 0.4) is 0 Å². The van der Waals surface area contributed by atoms with Gasteiger partial charge in [-0.2, -0.15) is 0 Å². The van der Waals surface area contributed by atoms with Crippen molar-refractivity contribution in [3.63, 3.8) is 0 Å². The van der Waals surface area contributed by atoms with E-state index < -0.39 is 35.3 Å². The van der Waals surface area contributed by atoms with E-state index in [2.05, 4.69) is 10.6 Å². The van der Waals surface area contributed by atoms with Crippen molar-refractivity contribution < 1.29 is 14.1 Å². The zero-order valence-electron chi connectivity index (χ0n) is 15.8. The zero-order chi connectivity index (χ0) is 20.9. The molecular weight excluding hydrogens is 385 g/mol. The van der Waals surface area contributed by atoms with E-state index in [1.165, 1.54) is 18.2 Å². The smallest absolute Gasteiger partial charge is 0.250 e. The van der Waals surface area contributed by atoms with Crippen LogP contribution in [-0.2, 0) is 10.3 Å². The molecule has 2 heterocycles. The molecule has 6 nitrogen and oxygen atoms in total. The fourth-order valence-corrected chi connectivity index (χ4v) is 4.91. The fourth-order valence-electron chi connectivity index (χ4n) is 4.91. The molecule has 7 heteroatoms. The number of nitrogens with zero attached hydrogens (tertiary/aromatic N) is 1. The van der Waals surface area contributed by atoms with Crippen LogP contribution in [0.15, 0.2) is 78.9 Å². The Bertz CT molecular complexity index is 1140. The molecule has 1 spiro atoms. The summed E-state index contributed by atoms with van der Waals surface area (Å²) in [5.74, 6) is -1.75. The first-order valence-corrected chi connectivity index (χ1v) is 9.65. The van der Waals surface area contributed by atoms with Gasteiger partial charge in [0, 0.05) is 16.2 Å². The summed E-state index contributed by atoms with van der Waals surface area (Å²) in [6.07, 6.45) is 0. The van der Waals surface area contributed by atoms with Gasteiger partial charge in [0.05, 0.1) is 5.92 Å². The lowest BCUT2D eigenvalue weighted by molar-refractivity contribution is -0.527. The van der Waals surface area contributed by atoms with Gasteiger partial charge in [0.25, 0.3) is 0 Å². The lowest BCUT2D eigenvalue weighted by Crippen LogP contribution is -2.48. The van der Waals surface area contributed by atoms with Gasteiger partial charge in [-0.25, -0.2) is 4.39 Å². The molecule has 2 N–H and O–H groups in total. The molecule has 30 heavy (non-hydrogen) atoms. The first-order chi connectivity index (χ1) is 14.5. The minimum absolute atomic E-state index is 0.332. The van der Waals surface area contributed by atoms with Crippen LogP contribution >= 0.6 is 0 Å². The van der Waals surface area contributed by atoms with Crippen LogP contribution < -0.4 is 10.6 Å². The maximum atomic E-state index is 14.2. The van der Waals surface area contributed by atoms with Gasteiger partial charge in [0.2, 0.25) is 11.9 Å². The summed E-state index contributed by atoms with van der Waals surface area (Å²) in [4.78, 5) is 25.4. The van der Waals surface area contributed by atoms with Crippen molar-refractivity contribution in [2.45, 2.75) is 23.5 Å². The second-order valence-electron chi connectivity index (χ2n) is 7.65. The molecular formula is C23H18FN3O3. The topological polar surface area (TPSA) is 84.3 Å². The number of amides is 1. The highest BCUT2D eigenvalue weighted by atomic mass is 19.1. The largest absolute Gasteiger partial charge is 0.324 e. The number of anilines is 1. The molecule has 0 saturated carbocycles. The van der Waals surface area contributed by atoms with Crippen molar-refractivity contribution in [2.24, 2.45) is 0 Å². The summed E-state index contributed by atoms with van der Waals surface area (Å²) >= 11 is 0. The van der Waals surface area contributed by atoms with Gasteiger partial charge in [0.1, 0.15) is 17.4 Å². The molecule has 1 fully saturated rings. The lowest BCUT2D eigenvalue weighted by atomic mass is 9.74. The van der Waals surface area contributed by atoms with Crippen LogP contribution in [0.5, 0.6) is 0 Å². The number of carbonyl (C=O) groups is 1. The highest BCUT2D eigenvalue weighted by Crippen LogP contribution is 2.55. The molecule has 0 aromatic heterocycles. The van der Waals surface area contributed by atoms with Crippen molar-refractivity contribution >= 4 is 11.6 Å². The number of rotatable bonds is 3. The highest BCUT2D eigenvalue weighted by Gasteiger charge is 2.66. The number of benzene rings is 3. The molecule has 4 atom stereocenters. The number of hydrogen-bond donors (Lipinski definition) is 2. The van der Waals surface area contributed by atoms with E-state index in [0.29, 0.717) is 22.4 Å². The summed E-state index contributed by atoms with van der Waals surface area (Å²) in [5.41, 5.74) is 0.751. The molecule has 150 valence electrons. The molecule has 3 aromatic rings. The van der Waals surface area contributed by atoms with E-state index in [-0.39, 0.29) is 4.92 Å². The fraction of sp³-hybridized carbons (Fsp3) is 0.174. The lowest BCUT2D eigenvalue weighted by Gasteiger charge is -2.29. The standard InChI is InChI=1S/C23H18FN3O3/c24-16-11-12-18-17(13-16)23(22(28)25-18)19(14-7-3-1-4-8-14)21(27(29)30)20(26-23)15-9-5-2-6-10-15/h1-13,19-21,26H,(H,25,28). The summed E-state index contributed by atoms with van der Waals surface area (Å²) in [6.45, 7) is 0. The van der Waals surface area contributed by atoms with Crippen LogP contribution in [0, 0.1) is 15.9 Å². The Kier molecular flexibility index (Phi) is 4.15. The molecule has 2 aliphatic heterocycles. The third kappa shape index (κ3) is 2.55. The van der Waals surface area contributed by atoms with E-state index >= 15 is 0 Å². The quantitative estimate of drug-likeness (QED) is 0.515. The SMILES string of the molecule is O=C1Nc2ccc(F)cc2C12NC(c1ccccc1)C([N+](=O)[O-])C2c1ccccc1. The van der Waals surface area contributed by atoms with Crippen molar-refractivity contribution in [2.75, 3.05) is 5.32 Å². The number of carbonyl (C=O) groups excluding carboxylic acids is 1. The van der Waals surface area contributed by atoms with E-state index in [1.807, 2.05) is 12.1 Å². The van der Waals surface area contributed by atoms with E-state index in [9.17, 15) is 19.3 Å². The van der Waals surface area contributed by atoms with E-state index in [1.54, 1.807) is 48.5 Å². The van der Waals surface area contributed by atoms with Crippen LogP contribution in [0.2, 0.25) is 0 Å². The second kappa shape index (κ2) is 6.74. The first-order valence-electron chi connectivity index (χ1n) is 9.65. The number of hydrogen-bond acceptors (Lipinski definition) is 4. The highest BCUT2D eigenvalue weighted by molar-refractivity contribution is 6.07. The Morgan fingerprint density at radius 2 is 1.57 bits per heavy atom. The normalized spacial score (nSPS) is 27.1. The molecule has 1 saturated heterocycles. The molecule has 3 aromatic carbocycles. The van der Waals surface area contributed by atoms with Crippen LogP contribution in [0.4, 0.5) is 10.1 Å². The van der Waals surface area contributed by atoms with Crippen LogP contribution in [0.1, 0.15) is 28.7 Å². The van der Waals surface area contributed by atoms with Gasteiger partial charge >= 0.3 is 0 Å². The number of fused-ring (bicyclic) bond motifs is 2. The molecule has 4 unspecified atom stereocenters. The number of nitro groups is 1. The van der Waals surface area contributed by atoms with Gasteiger partial charge in [-0.1, -0.05) is 60.7 Å². The molecule has 0 bridgehead atoms. The summed E-state index contributed by atoms with van der Waals surface area (Å²) in [7, 11) is 0. The first kappa shape index (κ1) is 18.4. The maximum absolute atomic E-state index is 14.2. The Morgan fingerprint density at radius 1 is 0.933 bits per heavy atom. The average molecular weight is 403 g/mol. The minimum Gasteiger partial charge on any atom is -0.324 e. The van der Waals surface area contributed by atoms with Crippen molar-refractivity contribution in [3.05, 3.63) is 111 Å². The van der Waals surface area contributed by atoms with Crippen molar-refractivity contribution in [1.82, 2.24) is 5.32 Å². The molecule has 1 amide bonds. The Morgan fingerprint density at radius 3 is 2.20 bits per heavy atom. The molecule has 0 radical (unpaired) electrons. The molecule has 5 rings (SSSR count). The number of nitrogens with one attached hydrogen (secondary N) is 2. The maximum Gasteiger partial charge on any atom is 0.250 e. The van der Waals surface area contributed by atoms with E-state index in [4.69, 9.17) is 0 Å². The second-order valence-corrected chi connectivity index (χ2v) is 7.65. The van der Waals surface area contributed by atoms with Crippen molar-refractivity contribution in [3.8, 4) is 0 Å². The Balaban J connectivity index is 1.79. The third-order valence-electron chi connectivity index (χ3n) is 6.11. The van der Waals surface area contributed by atoms with Crippen LogP contribution in [0.25, 0.3) is 0 Å². The predicted molar refractivity (Wildman–Crippen MR) is 109 cm³/mol. The number of halogens is 1. The molecule has 0 aliphatic carbocycles. The zero-order valence-corrected chi connectivity index (χ0v) is 15.8. The summed E-state index contributed by atoms with van der Waals surface area (Å²) in [5, 5.41) is 18.4. The van der Waals surface area contributed by atoms with Gasteiger partial charge in [-0.3, -0.25) is 20.2 Å². The monoisotopic (exact) mass is 403 g/mol. The average Bonchev–Trinajstić information content (AvgIpc) is 3.26. The van der Waals surface area contributed by atoms with Crippen molar-refractivity contribution in [1.29, 1.82) is 0 Å². The minimum atomic E-state index is -1.46.